The Labute approximate surface area is 104 Å². The van der Waals surface area contributed by atoms with Gasteiger partial charge in [-0.1, -0.05) is 44.2 Å². The van der Waals surface area contributed by atoms with Gasteiger partial charge in [-0.3, -0.25) is 0 Å². The molecule has 0 atom stereocenters. The van der Waals surface area contributed by atoms with E-state index < -0.39 is 0 Å². The van der Waals surface area contributed by atoms with Gasteiger partial charge in [-0.2, -0.15) is 4.57 Å². The number of benzene rings is 1. The molecule has 0 aliphatic rings. The first kappa shape index (κ1) is 11.8. The highest BCUT2D eigenvalue weighted by Gasteiger charge is 2.12. The summed E-state index contributed by atoms with van der Waals surface area (Å²) in [4.78, 5) is 0. The van der Waals surface area contributed by atoms with E-state index in [1.165, 1.54) is 16.8 Å². The van der Waals surface area contributed by atoms with Gasteiger partial charge >= 0.3 is 0 Å². The Morgan fingerprint density at radius 1 is 0.882 bits per heavy atom. The Kier molecular flexibility index (Phi) is 3.92. The van der Waals surface area contributed by atoms with Crippen molar-refractivity contribution in [3.63, 3.8) is 0 Å². The maximum Gasteiger partial charge on any atom is 0.184 e. The quantitative estimate of drug-likeness (QED) is 0.705. The number of hydrogen-bond donors (Lipinski definition) is 0. The van der Waals surface area contributed by atoms with Crippen LogP contribution >= 0.6 is 0 Å². The molecule has 0 unspecified atom stereocenters. The summed E-state index contributed by atoms with van der Waals surface area (Å²) in [6.45, 7) is 5.43. The molecule has 1 nitrogen and oxygen atoms in total. The van der Waals surface area contributed by atoms with E-state index in [0.717, 1.165) is 19.4 Å². The molecule has 1 aromatic carbocycles. The molecule has 0 saturated heterocycles. The van der Waals surface area contributed by atoms with Crippen molar-refractivity contribution in [2.75, 3.05) is 0 Å². The van der Waals surface area contributed by atoms with Crippen LogP contribution in [0.3, 0.4) is 0 Å². The lowest BCUT2D eigenvalue weighted by Gasteiger charge is -2.06. The molecule has 2 aromatic rings. The first-order chi connectivity index (χ1) is 8.35. The number of aromatic nitrogens is 1. The van der Waals surface area contributed by atoms with E-state index in [1.54, 1.807) is 0 Å². The summed E-state index contributed by atoms with van der Waals surface area (Å²) < 4.78 is 2.37. The lowest BCUT2D eigenvalue weighted by atomic mass is 10.1. The maximum atomic E-state index is 2.37. The molecule has 0 N–H and O–H groups in total. The van der Waals surface area contributed by atoms with E-state index >= 15 is 0 Å². The van der Waals surface area contributed by atoms with Crippen LogP contribution < -0.4 is 4.57 Å². The van der Waals surface area contributed by atoms with Gasteiger partial charge in [0.2, 0.25) is 0 Å². The molecule has 0 aliphatic heterocycles. The van der Waals surface area contributed by atoms with Crippen molar-refractivity contribution in [2.24, 2.45) is 0 Å². The summed E-state index contributed by atoms with van der Waals surface area (Å²) in [5, 5.41) is 0. The minimum Gasteiger partial charge on any atom is -0.198 e. The fourth-order valence-electron chi connectivity index (χ4n) is 2.31. The molecular formula is C16H20N+. The molecule has 0 spiro atoms. The van der Waals surface area contributed by atoms with E-state index in [-0.39, 0.29) is 0 Å². The Balaban J connectivity index is 2.33. The monoisotopic (exact) mass is 226 g/mol. The molecule has 0 radical (unpaired) electrons. The molecule has 0 aliphatic carbocycles. The molecule has 0 bridgehead atoms. The highest BCUT2D eigenvalue weighted by Crippen LogP contribution is 2.07. The van der Waals surface area contributed by atoms with Crippen LogP contribution in [0.1, 0.15) is 30.7 Å². The number of rotatable bonds is 4. The van der Waals surface area contributed by atoms with Crippen molar-refractivity contribution in [1.29, 1.82) is 0 Å². The molecular weight excluding hydrogens is 206 g/mol. The van der Waals surface area contributed by atoms with Crippen LogP contribution in [0.5, 0.6) is 0 Å². The molecule has 1 heteroatoms. The molecule has 0 saturated carbocycles. The van der Waals surface area contributed by atoms with Crippen molar-refractivity contribution in [3.8, 4) is 0 Å². The van der Waals surface area contributed by atoms with Crippen LogP contribution in [0.25, 0.3) is 0 Å². The molecule has 1 heterocycles. The summed E-state index contributed by atoms with van der Waals surface area (Å²) in [5.41, 5.74) is 4.28. The number of aryl methyl sites for hydroxylation is 1. The van der Waals surface area contributed by atoms with Crippen molar-refractivity contribution < 1.29 is 4.57 Å². The number of nitrogens with zero attached hydrogens (tertiary/aromatic N) is 1. The highest BCUT2D eigenvalue weighted by molar-refractivity contribution is 5.17. The third-order valence-electron chi connectivity index (χ3n) is 3.19. The summed E-state index contributed by atoms with van der Waals surface area (Å²) in [7, 11) is 0. The lowest BCUT2D eigenvalue weighted by Crippen LogP contribution is -2.39. The zero-order chi connectivity index (χ0) is 12.1. The van der Waals surface area contributed by atoms with Gasteiger partial charge in [0.15, 0.2) is 18.4 Å². The van der Waals surface area contributed by atoms with Gasteiger partial charge in [0.25, 0.3) is 0 Å². The molecule has 1 aromatic heterocycles. The van der Waals surface area contributed by atoms with E-state index in [1.807, 2.05) is 0 Å². The van der Waals surface area contributed by atoms with E-state index in [4.69, 9.17) is 0 Å². The van der Waals surface area contributed by atoms with Gasteiger partial charge in [0.05, 0.1) is 0 Å². The number of pyridine rings is 1. The zero-order valence-corrected chi connectivity index (χ0v) is 10.7. The summed E-state index contributed by atoms with van der Waals surface area (Å²) in [6, 6.07) is 15.0. The summed E-state index contributed by atoms with van der Waals surface area (Å²) in [5.74, 6) is 0. The average molecular weight is 226 g/mol. The molecule has 0 amide bonds. The Morgan fingerprint density at radius 3 is 2.29 bits per heavy atom. The fourth-order valence-corrected chi connectivity index (χ4v) is 2.31. The zero-order valence-electron chi connectivity index (χ0n) is 10.7. The van der Waals surface area contributed by atoms with Gasteiger partial charge < -0.3 is 0 Å². The topological polar surface area (TPSA) is 3.88 Å². The van der Waals surface area contributed by atoms with Gasteiger partial charge in [0.1, 0.15) is 0 Å². The number of hydrogen-bond acceptors (Lipinski definition) is 0. The SMILES string of the molecule is CCc1ccc[n+](Cc2ccccc2)c1CC. The Hall–Kier alpha value is -1.63. The van der Waals surface area contributed by atoms with Crippen LogP contribution in [0, 0.1) is 0 Å². The fraction of sp³-hybridized carbons (Fsp3) is 0.312. The molecule has 17 heavy (non-hydrogen) atoms. The molecule has 2 rings (SSSR count). The van der Waals surface area contributed by atoms with Crippen LogP contribution in [-0.2, 0) is 19.4 Å². The van der Waals surface area contributed by atoms with Gasteiger partial charge in [-0.25, -0.2) is 0 Å². The van der Waals surface area contributed by atoms with Crippen LogP contribution in [0.2, 0.25) is 0 Å². The minimum atomic E-state index is 0.970. The maximum absolute atomic E-state index is 2.37. The second kappa shape index (κ2) is 5.62. The first-order valence-electron chi connectivity index (χ1n) is 6.39. The first-order valence-corrected chi connectivity index (χ1v) is 6.39. The summed E-state index contributed by atoms with van der Waals surface area (Å²) >= 11 is 0. The lowest BCUT2D eigenvalue weighted by molar-refractivity contribution is -0.696. The van der Waals surface area contributed by atoms with E-state index in [0.29, 0.717) is 0 Å². The second-order valence-electron chi connectivity index (χ2n) is 4.30. The second-order valence-corrected chi connectivity index (χ2v) is 4.30. The highest BCUT2D eigenvalue weighted by atomic mass is 15.0. The van der Waals surface area contributed by atoms with E-state index in [2.05, 4.69) is 67.1 Å². The standard InChI is InChI=1S/C16H20N/c1-3-15-11-8-12-17(16(15)4-2)13-14-9-6-5-7-10-14/h5-12H,3-4,13H2,1-2H3/q+1. The van der Waals surface area contributed by atoms with Crippen molar-refractivity contribution >= 4 is 0 Å². The van der Waals surface area contributed by atoms with Crippen molar-refractivity contribution in [2.45, 2.75) is 33.2 Å². The predicted octanol–water partition coefficient (Wildman–Crippen LogP) is 3.15. The minimum absolute atomic E-state index is 0.970. The predicted molar refractivity (Wildman–Crippen MR) is 70.9 cm³/mol. The van der Waals surface area contributed by atoms with Crippen molar-refractivity contribution in [1.82, 2.24) is 0 Å². The van der Waals surface area contributed by atoms with Gasteiger partial charge in [-0.05, 0) is 12.5 Å². The Bertz CT molecular complexity index is 474. The normalized spacial score (nSPS) is 10.5. The summed E-state index contributed by atoms with van der Waals surface area (Å²) in [6.07, 6.45) is 4.39. The molecule has 88 valence electrons. The van der Waals surface area contributed by atoms with Crippen molar-refractivity contribution in [3.05, 3.63) is 65.5 Å². The Morgan fingerprint density at radius 2 is 1.65 bits per heavy atom. The smallest absolute Gasteiger partial charge is 0.184 e. The van der Waals surface area contributed by atoms with Gasteiger partial charge in [0, 0.05) is 23.6 Å². The van der Waals surface area contributed by atoms with Gasteiger partial charge in [-0.15, -0.1) is 0 Å². The van der Waals surface area contributed by atoms with Crippen LogP contribution in [0.15, 0.2) is 48.7 Å². The van der Waals surface area contributed by atoms with Crippen LogP contribution in [-0.4, -0.2) is 0 Å². The third-order valence-corrected chi connectivity index (χ3v) is 3.19. The van der Waals surface area contributed by atoms with E-state index in [9.17, 15) is 0 Å². The van der Waals surface area contributed by atoms with Crippen LogP contribution in [0.4, 0.5) is 0 Å². The average Bonchev–Trinajstić information content (AvgIpc) is 2.39. The largest absolute Gasteiger partial charge is 0.198 e. The third kappa shape index (κ3) is 2.73. The molecule has 0 fully saturated rings.